The molecule has 5 rings (SSSR count). The zero-order valence-electron chi connectivity index (χ0n) is 13.0. The van der Waals surface area contributed by atoms with Gasteiger partial charge in [0.05, 0.1) is 13.2 Å². The molecule has 0 unspecified atom stereocenters. The van der Waals surface area contributed by atoms with Crippen LogP contribution in [0.2, 0.25) is 0 Å². The maximum Gasteiger partial charge on any atom is 0.221 e. The molecule has 1 aromatic rings. The van der Waals surface area contributed by atoms with E-state index >= 15 is 0 Å². The number of nitrogens with one attached hydrogen (secondary N) is 1. The molecule has 0 aromatic carbocycles. The first-order chi connectivity index (χ1) is 11.1. The number of aromatic amines is 1. The second-order valence-electron chi connectivity index (χ2n) is 7.48. The summed E-state index contributed by atoms with van der Waals surface area (Å²) in [6, 6.07) is 0. The van der Waals surface area contributed by atoms with E-state index < -0.39 is 10.0 Å². The zero-order valence-corrected chi connectivity index (χ0v) is 13.8. The summed E-state index contributed by atoms with van der Waals surface area (Å²) < 4.78 is 32.2. The monoisotopic (exact) mass is 338 g/mol. The molecule has 0 spiro atoms. The van der Waals surface area contributed by atoms with Crippen molar-refractivity contribution in [2.45, 2.75) is 42.8 Å². The summed E-state index contributed by atoms with van der Waals surface area (Å²) in [6.45, 7) is 1.85. The third kappa shape index (κ3) is 2.42. The topological polar surface area (TPSA) is 88.2 Å². The molecular formula is C15H22N4O3S. The molecule has 7 nitrogen and oxygen atoms in total. The fraction of sp³-hybridized carbons (Fsp3) is 0.867. The van der Waals surface area contributed by atoms with Crippen molar-refractivity contribution in [1.29, 1.82) is 0 Å². The highest BCUT2D eigenvalue weighted by molar-refractivity contribution is 7.89. The Bertz CT molecular complexity index is 706. The van der Waals surface area contributed by atoms with Crippen LogP contribution in [-0.2, 0) is 14.8 Å². The average molecular weight is 338 g/mol. The van der Waals surface area contributed by atoms with E-state index in [1.165, 1.54) is 25.7 Å². The van der Waals surface area contributed by atoms with E-state index in [1.54, 1.807) is 4.31 Å². The summed E-state index contributed by atoms with van der Waals surface area (Å²) >= 11 is 0. The zero-order chi connectivity index (χ0) is 15.6. The molecule has 2 saturated carbocycles. The summed E-state index contributed by atoms with van der Waals surface area (Å²) in [5.41, 5.74) is 0. The number of H-pyrrole nitrogens is 1. The van der Waals surface area contributed by atoms with Gasteiger partial charge in [-0.1, -0.05) is 0 Å². The normalized spacial score (nSPS) is 33.0. The standard InChI is InChI=1S/C15H22N4O3S/c20-23(21,11-7-22-8-11)19-5-12(9-1-2-9)13(6-19)15-16-14(17-18-15)10-3-4-10/h9-13H,1-8H2,(H,16,17,18)/t12-,13+/m1/s1. The van der Waals surface area contributed by atoms with Crippen LogP contribution in [0.3, 0.4) is 0 Å². The van der Waals surface area contributed by atoms with Crippen molar-refractivity contribution in [2.24, 2.45) is 11.8 Å². The molecule has 2 saturated heterocycles. The molecule has 3 heterocycles. The molecule has 4 fully saturated rings. The summed E-state index contributed by atoms with van der Waals surface area (Å²) in [5, 5.41) is 7.12. The van der Waals surface area contributed by atoms with Crippen LogP contribution in [-0.4, -0.2) is 59.5 Å². The van der Waals surface area contributed by atoms with Crippen LogP contribution in [0.15, 0.2) is 0 Å². The summed E-state index contributed by atoms with van der Waals surface area (Å²) in [4.78, 5) is 4.70. The maximum absolute atomic E-state index is 12.7. The molecule has 0 radical (unpaired) electrons. The van der Waals surface area contributed by atoms with Gasteiger partial charge in [-0.25, -0.2) is 17.7 Å². The predicted molar refractivity (Wildman–Crippen MR) is 82.4 cm³/mol. The quantitative estimate of drug-likeness (QED) is 0.859. The molecule has 0 amide bonds. The molecule has 2 aliphatic heterocycles. The van der Waals surface area contributed by atoms with Gasteiger partial charge in [-0.05, 0) is 37.5 Å². The molecule has 1 aromatic heterocycles. The van der Waals surface area contributed by atoms with Crippen LogP contribution in [0.1, 0.15) is 49.2 Å². The van der Waals surface area contributed by atoms with E-state index in [0.29, 0.717) is 44.1 Å². The van der Waals surface area contributed by atoms with Crippen molar-refractivity contribution >= 4 is 10.0 Å². The Morgan fingerprint density at radius 2 is 1.91 bits per heavy atom. The Morgan fingerprint density at radius 3 is 2.52 bits per heavy atom. The molecule has 2 aliphatic carbocycles. The minimum absolute atomic E-state index is 0.165. The van der Waals surface area contributed by atoms with E-state index in [1.807, 2.05) is 0 Å². The van der Waals surface area contributed by atoms with Gasteiger partial charge < -0.3 is 4.74 Å². The molecule has 2 atom stereocenters. The minimum atomic E-state index is -3.23. The average Bonchev–Trinajstić information content (AvgIpc) is 3.38. The van der Waals surface area contributed by atoms with E-state index in [0.717, 1.165) is 11.6 Å². The van der Waals surface area contributed by atoms with Gasteiger partial charge in [0.2, 0.25) is 10.0 Å². The Kier molecular flexibility index (Phi) is 3.12. The summed E-state index contributed by atoms with van der Waals surface area (Å²) in [6.07, 6.45) is 4.78. The number of ether oxygens (including phenoxy) is 1. The van der Waals surface area contributed by atoms with Crippen molar-refractivity contribution in [3.8, 4) is 0 Å². The third-order valence-electron chi connectivity index (χ3n) is 5.76. The van der Waals surface area contributed by atoms with Crippen molar-refractivity contribution in [3.63, 3.8) is 0 Å². The Balaban J connectivity index is 1.40. The number of hydrogen-bond donors (Lipinski definition) is 1. The lowest BCUT2D eigenvalue weighted by Gasteiger charge is -2.30. The molecule has 0 bridgehead atoms. The van der Waals surface area contributed by atoms with Crippen LogP contribution >= 0.6 is 0 Å². The van der Waals surface area contributed by atoms with Gasteiger partial charge in [0.25, 0.3) is 0 Å². The first-order valence-electron chi connectivity index (χ1n) is 8.62. The lowest BCUT2D eigenvalue weighted by Crippen LogP contribution is -2.48. The van der Waals surface area contributed by atoms with Crippen LogP contribution in [0, 0.1) is 11.8 Å². The van der Waals surface area contributed by atoms with E-state index in [-0.39, 0.29) is 11.2 Å². The van der Waals surface area contributed by atoms with Crippen LogP contribution < -0.4 is 0 Å². The van der Waals surface area contributed by atoms with Gasteiger partial charge in [-0.2, -0.15) is 5.10 Å². The molecule has 23 heavy (non-hydrogen) atoms. The highest BCUT2D eigenvalue weighted by atomic mass is 32.2. The minimum Gasteiger partial charge on any atom is -0.378 e. The lowest BCUT2D eigenvalue weighted by atomic mass is 9.91. The molecule has 1 N–H and O–H groups in total. The number of sulfonamides is 1. The van der Waals surface area contributed by atoms with E-state index in [9.17, 15) is 8.42 Å². The number of hydrogen-bond acceptors (Lipinski definition) is 5. The highest BCUT2D eigenvalue weighted by Crippen LogP contribution is 2.48. The lowest BCUT2D eigenvalue weighted by molar-refractivity contribution is 0.0394. The first kappa shape index (κ1) is 14.4. The van der Waals surface area contributed by atoms with Crippen molar-refractivity contribution in [2.75, 3.05) is 26.3 Å². The highest BCUT2D eigenvalue weighted by Gasteiger charge is 2.50. The SMILES string of the molecule is O=S(=O)(C1COC1)N1C[C@H](c2nc(C3CC3)n[nH]2)[C@@H](C2CC2)C1. The van der Waals surface area contributed by atoms with Crippen molar-refractivity contribution in [3.05, 3.63) is 11.6 Å². The van der Waals surface area contributed by atoms with Crippen LogP contribution in [0.4, 0.5) is 0 Å². The van der Waals surface area contributed by atoms with Crippen LogP contribution in [0.5, 0.6) is 0 Å². The Morgan fingerprint density at radius 1 is 1.13 bits per heavy atom. The fourth-order valence-corrected chi connectivity index (χ4v) is 5.57. The van der Waals surface area contributed by atoms with Crippen molar-refractivity contribution in [1.82, 2.24) is 19.5 Å². The molecule has 126 valence electrons. The first-order valence-corrected chi connectivity index (χ1v) is 10.1. The molecule has 8 heteroatoms. The summed E-state index contributed by atoms with van der Waals surface area (Å²) in [7, 11) is -3.23. The largest absolute Gasteiger partial charge is 0.378 e. The number of aromatic nitrogens is 3. The second kappa shape index (κ2) is 5.00. The van der Waals surface area contributed by atoms with Gasteiger partial charge >= 0.3 is 0 Å². The number of nitrogens with zero attached hydrogens (tertiary/aromatic N) is 3. The smallest absolute Gasteiger partial charge is 0.221 e. The van der Waals surface area contributed by atoms with Crippen molar-refractivity contribution < 1.29 is 13.2 Å². The Hall–Kier alpha value is -0.990. The van der Waals surface area contributed by atoms with Gasteiger partial charge in [0, 0.05) is 24.9 Å². The van der Waals surface area contributed by atoms with Gasteiger partial charge in [-0.15, -0.1) is 0 Å². The van der Waals surface area contributed by atoms with Gasteiger partial charge in [-0.3, -0.25) is 5.10 Å². The van der Waals surface area contributed by atoms with Gasteiger partial charge in [0.15, 0.2) is 5.82 Å². The Labute approximate surface area is 135 Å². The predicted octanol–water partition coefficient (Wildman–Crippen LogP) is 0.836. The van der Waals surface area contributed by atoms with Gasteiger partial charge in [0.1, 0.15) is 11.1 Å². The number of rotatable bonds is 5. The fourth-order valence-electron chi connectivity index (χ4n) is 3.87. The van der Waals surface area contributed by atoms with E-state index in [2.05, 4.69) is 10.2 Å². The molecular weight excluding hydrogens is 316 g/mol. The maximum atomic E-state index is 12.7. The summed E-state index contributed by atoms with van der Waals surface area (Å²) in [5.74, 6) is 3.53. The van der Waals surface area contributed by atoms with E-state index in [4.69, 9.17) is 9.72 Å². The third-order valence-corrected chi connectivity index (χ3v) is 7.89. The molecule has 4 aliphatic rings. The van der Waals surface area contributed by atoms with Crippen LogP contribution in [0.25, 0.3) is 0 Å². The second-order valence-corrected chi connectivity index (χ2v) is 9.70.